The summed E-state index contributed by atoms with van der Waals surface area (Å²) in [5.74, 6) is 2.05. The number of para-hydroxylation sites is 1. The number of phenols is 1. The third-order valence-electron chi connectivity index (χ3n) is 5.22. The van der Waals surface area contributed by atoms with E-state index in [1.807, 2.05) is 30.3 Å². The summed E-state index contributed by atoms with van der Waals surface area (Å²) >= 11 is 0. The Labute approximate surface area is 165 Å². The Kier molecular flexibility index (Phi) is 5.39. The van der Waals surface area contributed by atoms with Gasteiger partial charge < -0.3 is 14.7 Å². The van der Waals surface area contributed by atoms with E-state index in [0.717, 1.165) is 48.9 Å². The number of aromatic hydroxyl groups is 1. The van der Waals surface area contributed by atoms with Crippen molar-refractivity contribution in [1.82, 2.24) is 14.9 Å². The average molecular weight is 376 g/mol. The first-order valence-corrected chi connectivity index (χ1v) is 9.43. The highest BCUT2D eigenvalue weighted by Crippen LogP contribution is 2.35. The maximum Gasteiger partial charge on any atom is 0.147 e. The summed E-state index contributed by atoms with van der Waals surface area (Å²) in [7, 11) is 1.67. The zero-order chi connectivity index (χ0) is 19.3. The molecule has 1 fully saturated rings. The number of ether oxygens (including phenoxy) is 1. The van der Waals surface area contributed by atoms with Crippen molar-refractivity contribution in [3.63, 3.8) is 0 Å². The van der Waals surface area contributed by atoms with Crippen LogP contribution in [0.3, 0.4) is 0 Å². The molecule has 6 heteroatoms. The fourth-order valence-electron chi connectivity index (χ4n) is 3.76. The maximum atomic E-state index is 10.5. The zero-order valence-corrected chi connectivity index (χ0v) is 15.9. The lowest BCUT2D eigenvalue weighted by molar-refractivity contribution is 0.209. The van der Waals surface area contributed by atoms with Crippen molar-refractivity contribution in [2.45, 2.75) is 6.04 Å². The normalized spacial score (nSPS) is 16.0. The molecule has 0 amide bonds. The Balaban J connectivity index is 1.60. The molecule has 1 aromatic heterocycles. The van der Waals surface area contributed by atoms with Gasteiger partial charge in [-0.3, -0.25) is 9.88 Å². The molecule has 2 heterocycles. The van der Waals surface area contributed by atoms with Crippen molar-refractivity contribution < 1.29 is 9.84 Å². The second-order valence-corrected chi connectivity index (χ2v) is 6.82. The lowest BCUT2D eigenvalue weighted by Gasteiger charge is -2.40. The monoisotopic (exact) mass is 376 g/mol. The summed E-state index contributed by atoms with van der Waals surface area (Å²) in [5.41, 5.74) is 2.05. The zero-order valence-electron chi connectivity index (χ0n) is 15.9. The molecule has 0 radical (unpaired) electrons. The van der Waals surface area contributed by atoms with Gasteiger partial charge in [0.2, 0.25) is 0 Å². The van der Waals surface area contributed by atoms with Gasteiger partial charge in [0.25, 0.3) is 0 Å². The fourth-order valence-corrected chi connectivity index (χ4v) is 3.76. The topological polar surface area (TPSA) is 61.7 Å². The molecule has 1 aliphatic heterocycles. The van der Waals surface area contributed by atoms with Gasteiger partial charge in [0.15, 0.2) is 0 Å². The molecular formula is C22H24N4O2. The van der Waals surface area contributed by atoms with Gasteiger partial charge in [-0.05, 0) is 23.8 Å². The van der Waals surface area contributed by atoms with Crippen molar-refractivity contribution >= 4 is 5.82 Å². The lowest BCUT2D eigenvalue weighted by atomic mass is 9.95. The van der Waals surface area contributed by atoms with Gasteiger partial charge in [0, 0.05) is 44.1 Å². The Morgan fingerprint density at radius 2 is 1.71 bits per heavy atom. The molecule has 1 unspecified atom stereocenters. The number of methoxy groups -OCH3 is 1. The standard InChI is InChI=1S/C22H24N4O2/c1-28-18-8-6-17(7-9-18)22(19-4-2-3-5-20(19)27)26-14-12-25(13-15-26)21-16-23-10-11-24-21/h2-11,16,22,27H,12-15H2,1H3. The van der Waals surface area contributed by atoms with E-state index < -0.39 is 0 Å². The minimum atomic E-state index is -0.0175. The van der Waals surface area contributed by atoms with Crippen molar-refractivity contribution in [2.75, 3.05) is 38.2 Å². The first-order chi connectivity index (χ1) is 13.8. The van der Waals surface area contributed by atoms with Gasteiger partial charge in [0.1, 0.15) is 17.3 Å². The molecule has 4 rings (SSSR count). The second kappa shape index (κ2) is 8.27. The molecule has 1 atom stereocenters. The van der Waals surface area contributed by atoms with Crippen LogP contribution in [0.25, 0.3) is 0 Å². The van der Waals surface area contributed by atoms with E-state index in [2.05, 4.69) is 31.9 Å². The fraction of sp³-hybridized carbons (Fsp3) is 0.273. The van der Waals surface area contributed by atoms with Crippen LogP contribution in [0.2, 0.25) is 0 Å². The largest absolute Gasteiger partial charge is 0.508 e. The summed E-state index contributed by atoms with van der Waals surface area (Å²) in [6, 6.07) is 15.7. The van der Waals surface area contributed by atoms with Crippen LogP contribution < -0.4 is 9.64 Å². The molecule has 28 heavy (non-hydrogen) atoms. The van der Waals surface area contributed by atoms with Crippen LogP contribution in [0.5, 0.6) is 11.5 Å². The van der Waals surface area contributed by atoms with E-state index in [1.54, 1.807) is 31.8 Å². The minimum Gasteiger partial charge on any atom is -0.508 e. The molecule has 0 spiro atoms. The Hall–Kier alpha value is -3.12. The van der Waals surface area contributed by atoms with E-state index in [9.17, 15) is 5.11 Å². The number of phenolic OH excluding ortho intramolecular Hbond substituents is 1. The molecule has 1 saturated heterocycles. The molecule has 0 aliphatic carbocycles. The molecule has 1 aliphatic rings. The molecular weight excluding hydrogens is 352 g/mol. The second-order valence-electron chi connectivity index (χ2n) is 6.82. The van der Waals surface area contributed by atoms with Crippen LogP contribution in [-0.4, -0.2) is 53.3 Å². The van der Waals surface area contributed by atoms with Crippen LogP contribution in [0, 0.1) is 0 Å². The third kappa shape index (κ3) is 3.77. The number of hydrogen-bond acceptors (Lipinski definition) is 6. The summed E-state index contributed by atoms with van der Waals surface area (Å²) in [6.07, 6.45) is 5.22. The number of anilines is 1. The van der Waals surface area contributed by atoms with E-state index in [0.29, 0.717) is 5.75 Å². The van der Waals surface area contributed by atoms with E-state index >= 15 is 0 Å². The van der Waals surface area contributed by atoms with Crippen molar-refractivity contribution in [3.8, 4) is 11.5 Å². The van der Waals surface area contributed by atoms with Gasteiger partial charge in [-0.2, -0.15) is 0 Å². The molecule has 3 aromatic rings. The average Bonchev–Trinajstić information content (AvgIpc) is 2.77. The van der Waals surface area contributed by atoms with Crippen LogP contribution in [0.15, 0.2) is 67.1 Å². The first kappa shape index (κ1) is 18.3. The summed E-state index contributed by atoms with van der Waals surface area (Å²) in [6.45, 7) is 3.45. The van der Waals surface area contributed by atoms with Crippen LogP contribution in [0.4, 0.5) is 5.82 Å². The number of piperazine rings is 1. The van der Waals surface area contributed by atoms with Crippen LogP contribution in [-0.2, 0) is 0 Å². The number of hydrogen-bond donors (Lipinski definition) is 1. The molecule has 2 aromatic carbocycles. The van der Waals surface area contributed by atoms with Gasteiger partial charge in [-0.1, -0.05) is 30.3 Å². The number of aromatic nitrogens is 2. The molecule has 144 valence electrons. The number of nitrogens with zero attached hydrogens (tertiary/aromatic N) is 4. The SMILES string of the molecule is COc1ccc(C(c2ccccc2O)N2CCN(c3cnccn3)CC2)cc1. The molecule has 6 nitrogen and oxygen atoms in total. The van der Waals surface area contributed by atoms with E-state index in [1.165, 1.54) is 0 Å². The van der Waals surface area contributed by atoms with Gasteiger partial charge in [0.05, 0.1) is 19.3 Å². The Morgan fingerprint density at radius 1 is 0.964 bits per heavy atom. The van der Waals surface area contributed by atoms with Crippen LogP contribution in [0.1, 0.15) is 17.2 Å². The predicted molar refractivity (Wildman–Crippen MR) is 109 cm³/mol. The number of rotatable bonds is 5. The summed E-state index contributed by atoms with van der Waals surface area (Å²) in [5, 5.41) is 10.5. The Bertz CT molecular complexity index is 894. The number of benzene rings is 2. The quantitative estimate of drug-likeness (QED) is 0.738. The summed E-state index contributed by atoms with van der Waals surface area (Å²) in [4.78, 5) is 13.2. The van der Waals surface area contributed by atoms with Gasteiger partial charge >= 0.3 is 0 Å². The highest BCUT2D eigenvalue weighted by Gasteiger charge is 2.28. The van der Waals surface area contributed by atoms with E-state index in [-0.39, 0.29) is 6.04 Å². The Morgan fingerprint density at radius 3 is 2.36 bits per heavy atom. The summed E-state index contributed by atoms with van der Waals surface area (Å²) < 4.78 is 5.30. The highest BCUT2D eigenvalue weighted by molar-refractivity contribution is 5.43. The first-order valence-electron chi connectivity index (χ1n) is 9.43. The molecule has 0 saturated carbocycles. The van der Waals surface area contributed by atoms with Crippen molar-refractivity contribution in [1.29, 1.82) is 0 Å². The molecule has 1 N–H and O–H groups in total. The highest BCUT2D eigenvalue weighted by atomic mass is 16.5. The smallest absolute Gasteiger partial charge is 0.147 e. The van der Waals surface area contributed by atoms with Crippen molar-refractivity contribution in [3.05, 3.63) is 78.2 Å². The van der Waals surface area contributed by atoms with E-state index in [4.69, 9.17) is 4.74 Å². The van der Waals surface area contributed by atoms with Crippen molar-refractivity contribution in [2.24, 2.45) is 0 Å². The predicted octanol–water partition coefficient (Wildman–Crippen LogP) is 3.10. The maximum absolute atomic E-state index is 10.5. The molecule has 0 bridgehead atoms. The third-order valence-corrected chi connectivity index (χ3v) is 5.22. The minimum absolute atomic E-state index is 0.0175. The van der Waals surface area contributed by atoms with Crippen LogP contribution >= 0.6 is 0 Å². The lowest BCUT2D eigenvalue weighted by Crippen LogP contribution is -2.48. The van der Waals surface area contributed by atoms with Gasteiger partial charge in [-0.25, -0.2) is 4.98 Å². The van der Waals surface area contributed by atoms with Gasteiger partial charge in [-0.15, -0.1) is 0 Å².